The number of carbonyl (C=O) groups is 2. The first kappa shape index (κ1) is 22.1. The van der Waals surface area contributed by atoms with Gasteiger partial charge in [-0.1, -0.05) is 30.3 Å². The minimum atomic E-state index is -3.86. The van der Waals surface area contributed by atoms with Crippen molar-refractivity contribution in [1.29, 1.82) is 0 Å². The average molecular weight is 418 g/mol. The van der Waals surface area contributed by atoms with Crippen molar-refractivity contribution in [2.45, 2.75) is 13.0 Å². The van der Waals surface area contributed by atoms with E-state index >= 15 is 0 Å². The zero-order valence-corrected chi connectivity index (χ0v) is 16.8. The molecule has 0 unspecified atom stereocenters. The van der Waals surface area contributed by atoms with E-state index in [2.05, 4.69) is 10.0 Å². The predicted octanol–water partition coefficient (Wildman–Crippen LogP) is 2.16. The van der Waals surface area contributed by atoms with Crippen molar-refractivity contribution in [3.63, 3.8) is 0 Å². The second kappa shape index (κ2) is 10.4. The molecule has 0 aromatic heterocycles. The SMILES string of the molecule is COc1ccc(NC(=O)COC(=O)[C@H](C)NS(=O)(=O)/C=C/c2ccccc2)cc1. The van der Waals surface area contributed by atoms with Gasteiger partial charge in [0.15, 0.2) is 6.61 Å². The summed E-state index contributed by atoms with van der Waals surface area (Å²) in [6.45, 7) is 0.786. The van der Waals surface area contributed by atoms with E-state index in [1.165, 1.54) is 20.1 Å². The normalized spacial score (nSPS) is 12.3. The second-order valence-corrected chi connectivity index (χ2v) is 7.58. The molecule has 154 valence electrons. The summed E-state index contributed by atoms with van der Waals surface area (Å²) < 4.78 is 36.2. The van der Waals surface area contributed by atoms with Crippen molar-refractivity contribution in [1.82, 2.24) is 4.72 Å². The molecule has 9 heteroatoms. The van der Waals surface area contributed by atoms with E-state index in [0.29, 0.717) is 17.0 Å². The van der Waals surface area contributed by atoms with Crippen molar-refractivity contribution >= 4 is 33.7 Å². The Labute approximate surface area is 169 Å². The highest BCUT2D eigenvalue weighted by Crippen LogP contribution is 2.14. The maximum atomic E-state index is 12.1. The Morgan fingerprint density at radius 1 is 1.07 bits per heavy atom. The van der Waals surface area contributed by atoms with Crippen LogP contribution in [0.15, 0.2) is 60.0 Å². The van der Waals surface area contributed by atoms with Crippen LogP contribution in [0.2, 0.25) is 0 Å². The number of hydrogen-bond acceptors (Lipinski definition) is 6. The highest BCUT2D eigenvalue weighted by atomic mass is 32.2. The van der Waals surface area contributed by atoms with Crippen LogP contribution in [0.3, 0.4) is 0 Å². The molecule has 1 amide bonds. The number of nitrogens with one attached hydrogen (secondary N) is 2. The summed E-state index contributed by atoms with van der Waals surface area (Å²) >= 11 is 0. The van der Waals surface area contributed by atoms with E-state index in [4.69, 9.17) is 9.47 Å². The van der Waals surface area contributed by atoms with Gasteiger partial charge in [-0.3, -0.25) is 9.59 Å². The van der Waals surface area contributed by atoms with E-state index in [-0.39, 0.29) is 0 Å². The number of rotatable bonds is 9. The minimum absolute atomic E-state index is 0.506. The Balaban J connectivity index is 1.81. The van der Waals surface area contributed by atoms with Crippen molar-refractivity contribution in [3.05, 3.63) is 65.6 Å². The number of amides is 1. The van der Waals surface area contributed by atoms with E-state index < -0.39 is 34.5 Å². The molecule has 0 aliphatic rings. The third kappa shape index (κ3) is 7.76. The van der Waals surface area contributed by atoms with Gasteiger partial charge in [-0.25, -0.2) is 8.42 Å². The van der Waals surface area contributed by atoms with Crippen LogP contribution in [0.4, 0.5) is 5.69 Å². The lowest BCUT2D eigenvalue weighted by Crippen LogP contribution is -2.39. The van der Waals surface area contributed by atoms with E-state index in [9.17, 15) is 18.0 Å². The number of ether oxygens (including phenoxy) is 2. The fraction of sp³-hybridized carbons (Fsp3) is 0.200. The first-order chi connectivity index (χ1) is 13.8. The summed E-state index contributed by atoms with van der Waals surface area (Å²) in [5.41, 5.74) is 1.20. The van der Waals surface area contributed by atoms with E-state index in [1.807, 2.05) is 6.07 Å². The molecule has 0 saturated carbocycles. The molecule has 2 rings (SSSR count). The number of methoxy groups -OCH3 is 1. The summed E-state index contributed by atoms with van der Waals surface area (Å²) in [6.07, 6.45) is 1.41. The minimum Gasteiger partial charge on any atom is -0.497 e. The van der Waals surface area contributed by atoms with Crippen LogP contribution in [-0.2, 0) is 24.3 Å². The molecule has 2 aromatic carbocycles. The molecule has 2 N–H and O–H groups in total. The van der Waals surface area contributed by atoms with Gasteiger partial charge in [0.25, 0.3) is 5.91 Å². The summed E-state index contributed by atoms with van der Waals surface area (Å²) in [5, 5.41) is 3.51. The molecular weight excluding hydrogens is 396 g/mol. The number of sulfonamides is 1. The lowest BCUT2D eigenvalue weighted by Gasteiger charge is -2.12. The van der Waals surface area contributed by atoms with Gasteiger partial charge in [0.1, 0.15) is 11.8 Å². The Morgan fingerprint density at radius 2 is 1.72 bits per heavy atom. The van der Waals surface area contributed by atoms with Gasteiger partial charge < -0.3 is 14.8 Å². The second-order valence-electron chi connectivity index (χ2n) is 5.98. The number of esters is 1. The predicted molar refractivity (Wildman–Crippen MR) is 110 cm³/mol. The zero-order chi connectivity index (χ0) is 21.3. The first-order valence-corrected chi connectivity index (χ1v) is 10.2. The number of anilines is 1. The van der Waals surface area contributed by atoms with Crippen LogP contribution in [0, 0.1) is 0 Å². The van der Waals surface area contributed by atoms with E-state index in [0.717, 1.165) is 5.41 Å². The molecule has 1 atom stereocenters. The summed E-state index contributed by atoms with van der Waals surface area (Å²) in [4.78, 5) is 23.8. The van der Waals surface area contributed by atoms with Gasteiger partial charge in [-0.15, -0.1) is 0 Å². The van der Waals surface area contributed by atoms with Crippen LogP contribution >= 0.6 is 0 Å². The van der Waals surface area contributed by atoms with Crippen molar-refractivity contribution in [3.8, 4) is 5.75 Å². The highest BCUT2D eigenvalue weighted by molar-refractivity contribution is 7.92. The molecule has 2 aromatic rings. The molecule has 0 bridgehead atoms. The maximum Gasteiger partial charge on any atom is 0.324 e. The molecule has 0 spiro atoms. The van der Waals surface area contributed by atoms with Crippen LogP contribution in [-0.4, -0.2) is 40.1 Å². The van der Waals surface area contributed by atoms with Crippen molar-refractivity contribution in [2.24, 2.45) is 0 Å². The summed E-state index contributed by atoms with van der Waals surface area (Å²) in [5.74, 6) is -0.786. The maximum absolute atomic E-state index is 12.1. The molecule has 29 heavy (non-hydrogen) atoms. The first-order valence-electron chi connectivity index (χ1n) is 8.65. The van der Waals surface area contributed by atoms with Crippen molar-refractivity contribution < 1.29 is 27.5 Å². The van der Waals surface area contributed by atoms with Crippen LogP contribution in [0.1, 0.15) is 12.5 Å². The van der Waals surface area contributed by atoms with Gasteiger partial charge in [0.05, 0.1) is 7.11 Å². The number of carbonyl (C=O) groups excluding carboxylic acids is 2. The average Bonchev–Trinajstić information content (AvgIpc) is 2.71. The molecule has 0 saturated heterocycles. The smallest absolute Gasteiger partial charge is 0.324 e. The standard InChI is InChI=1S/C20H22N2O6S/c1-15(22-29(25,26)13-12-16-6-4-3-5-7-16)20(24)28-14-19(23)21-17-8-10-18(27-2)11-9-17/h3-13,15,22H,14H2,1-2H3,(H,21,23)/b13-12+/t15-/m0/s1. The Kier molecular flexibility index (Phi) is 7.93. The number of hydrogen-bond donors (Lipinski definition) is 2. The quantitative estimate of drug-likeness (QED) is 0.604. The Morgan fingerprint density at radius 3 is 2.34 bits per heavy atom. The van der Waals surface area contributed by atoms with Crippen molar-refractivity contribution in [2.75, 3.05) is 19.0 Å². The molecule has 0 aliphatic heterocycles. The third-order valence-corrected chi connectivity index (χ3v) is 4.83. The highest BCUT2D eigenvalue weighted by Gasteiger charge is 2.20. The van der Waals surface area contributed by atoms with E-state index in [1.54, 1.807) is 48.5 Å². The fourth-order valence-corrected chi connectivity index (χ4v) is 3.20. The lowest BCUT2D eigenvalue weighted by molar-refractivity contribution is -0.148. The lowest BCUT2D eigenvalue weighted by atomic mass is 10.2. The zero-order valence-electron chi connectivity index (χ0n) is 16.0. The molecule has 0 aliphatic carbocycles. The Bertz CT molecular complexity index is 956. The van der Waals surface area contributed by atoms with Crippen LogP contribution in [0.5, 0.6) is 5.75 Å². The monoisotopic (exact) mass is 418 g/mol. The van der Waals surface area contributed by atoms with Crippen LogP contribution in [0.25, 0.3) is 6.08 Å². The molecule has 0 radical (unpaired) electrons. The summed E-state index contributed by atoms with van der Waals surface area (Å²) in [6, 6.07) is 14.3. The van der Waals surface area contributed by atoms with Gasteiger partial charge in [-0.05, 0) is 42.8 Å². The molecule has 8 nitrogen and oxygen atoms in total. The largest absolute Gasteiger partial charge is 0.497 e. The van der Waals surface area contributed by atoms with Gasteiger partial charge >= 0.3 is 5.97 Å². The summed E-state index contributed by atoms with van der Waals surface area (Å²) in [7, 11) is -2.33. The topological polar surface area (TPSA) is 111 Å². The third-order valence-electron chi connectivity index (χ3n) is 3.65. The number of benzene rings is 2. The van der Waals surface area contributed by atoms with Gasteiger partial charge in [0.2, 0.25) is 10.0 Å². The molecule has 0 fully saturated rings. The van der Waals surface area contributed by atoms with Gasteiger partial charge in [0, 0.05) is 11.1 Å². The molecular formula is C20H22N2O6S. The Hall–Kier alpha value is -3.17. The molecule has 0 heterocycles. The van der Waals surface area contributed by atoms with Gasteiger partial charge in [-0.2, -0.15) is 4.72 Å². The fourth-order valence-electron chi connectivity index (χ4n) is 2.20. The van der Waals surface area contributed by atoms with Crippen LogP contribution < -0.4 is 14.8 Å².